The Bertz CT molecular complexity index is 1620. The van der Waals surface area contributed by atoms with Crippen molar-refractivity contribution < 1.29 is 49.3 Å². The van der Waals surface area contributed by atoms with E-state index in [0.29, 0.717) is 12.8 Å². The molecule has 1 aliphatic heterocycles. The van der Waals surface area contributed by atoms with Gasteiger partial charge in [-0.25, -0.2) is 0 Å². The van der Waals surface area contributed by atoms with Gasteiger partial charge in [0.25, 0.3) is 0 Å². The average Bonchev–Trinajstić information content (AvgIpc) is 3.69. The number of nitrogens with one attached hydrogen (secondary N) is 1. The minimum Gasteiger partial charge on any atom is -0.454 e. The van der Waals surface area contributed by atoms with Crippen LogP contribution in [-0.2, 0) is 23.8 Å². The summed E-state index contributed by atoms with van der Waals surface area (Å²) in [5, 5.41) is 57.2. The molecule has 8 atom stereocenters. The molecular weight excluding hydrogens is 1060 g/mol. The highest BCUT2D eigenvalue weighted by Crippen LogP contribution is 2.26. The minimum absolute atomic E-state index is 0.126. The average molecular weight is 1200 g/mol. The molecule has 0 radical (unpaired) electrons. The number of unbranched alkanes of at least 4 members (excludes halogenated alkanes) is 40. The molecule has 496 valence electrons. The van der Waals surface area contributed by atoms with Crippen molar-refractivity contribution in [2.45, 2.75) is 384 Å². The standard InChI is InChI=1S/C74H135NO10/c1-4-7-10-13-16-19-22-24-26-28-30-32-33-34-36-37-39-41-43-46-49-52-55-58-61-67(78)73(82)75-65(66(77)60-57-54-51-48-45-21-18-15-12-9-6-3)64-83-74-72(71(81)70(80)68(63-76)84-74)85-69(79)62-59-56-53-50-47-44-42-40-38-35-31-29-27-25-23-20-17-14-11-8-5-2/h16,19,24,26,30,32,34,36,57,60,65-68,70-72,74,76-78,80-81H,4-15,17-18,20-23,25,27-29,31,33,35,37-56,58-59,61-64H2,1-3H3,(H,75,82)/b19-16-,26-24-,32-30-,36-34-,60-57+. The van der Waals surface area contributed by atoms with E-state index in [-0.39, 0.29) is 19.4 Å². The molecule has 8 unspecified atom stereocenters. The van der Waals surface area contributed by atoms with Gasteiger partial charge in [-0.05, 0) is 70.6 Å². The van der Waals surface area contributed by atoms with E-state index in [1.807, 2.05) is 6.08 Å². The van der Waals surface area contributed by atoms with Gasteiger partial charge in [-0.1, -0.05) is 319 Å². The van der Waals surface area contributed by atoms with Crippen molar-refractivity contribution in [1.29, 1.82) is 0 Å². The van der Waals surface area contributed by atoms with Crippen LogP contribution < -0.4 is 5.32 Å². The van der Waals surface area contributed by atoms with Gasteiger partial charge < -0.3 is 45.1 Å². The Morgan fingerprint density at radius 3 is 1.24 bits per heavy atom. The Kier molecular flexibility index (Phi) is 58.2. The fraction of sp³-hybridized carbons (Fsp3) is 0.838. The summed E-state index contributed by atoms with van der Waals surface area (Å²) in [4.78, 5) is 26.7. The molecule has 0 aromatic rings. The lowest BCUT2D eigenvalue weighted by atomic mass is 9.99. The van der Waals surface area contributed by atoms with E-state index in [2.05, 4.69) is 74.7 Å². The summed E-state index contributed by atoms with van der Waals surface area (Å²) < 4.78 is 17.7. The first-order valence-electron chi connectivity index (χ1n) is 36.1. The number of carbonyl (C=O) groups excluding carboxylic acids is 2. The molecular formula is C74H135NO10. The summed E-state index contributed by atoms with van der Waals surface area (Å²) in [6.07, 6.45) is 68.3. The first-order chi connectivity index (χ1) is 41.7. The molecule has 1 fully saturated rings. The predicted octanol–water partition coefficient (Wildman–Crippen LogP) is 18.5. The summed E-state index contributed by atoms with van der Waals surface area (Å²) in [5.74, 6) is -1.19. The maximum atomic E-state index is 13.5. The van der Waals surface area contributed by atoms with Gasteiger partial charge in [0, 0.05) is 6.42 Å². The number of aliphatic hydroxyl groups is 5. The largest absolute Gasteiger partial charge is 0.454 e. The number of allylic oxidation sites excluding steroid dienone is 9. The summed E-state index contributed by atoms with van der Waals surface area (Å²) in [5.41, 5.74) is 0. The highest BCUT2D eigenvalue weighted by molar-refractivity contribution is 5.80. The number of rotatable bonds is 62. The number of ether oxygens (including phenoxy) is 3. The minimum atomic E-state index is -1.61. The van der Waals surface area contributed by atoms with Crippen LogP contribution in [0.25, 0.3) is 0 Å². The molecule has 0 bridgehead atoms. The number of hydrogen-bond acceptors (Lipinski definition) is 10. The Labute approximate surface area is 522 Å². The van der Waals surface area contributed by atoms with Crippen LogP contribution in [0.5, 0.6) is 0 Å². The molecule has 11 nitrogen and oxygen atoms in total. The Hall–Kier alpha value is -2.64. The number of carbonyl (C=O) groups is 2. The first-order valence-corrected chi connectivity index (χ1v) is 36.1. The molecule has 0 aromatic carbocycles. The zero-order valence-corrected chi connectivity index (χ0v) is 55.2. The molecule has 0 aliphatic carbocycles. The second-order valence-electron chi connectivity index (χ2n) is 25.0. The topological polar surface area (TPSA) is 175 Å². The summed E-state index contributed by atoms with van der Waals surface area (Å²) in [6.45, 7) is 5.80. The van der Waals surface area contributed by atoms with Crippen molar-refractivity contribution in [3.05, 3.63) is 60.8 Å². The van der Waals surface area contributed by atoms with E-state index in [4.69, 9.17) is 14.2 Å². The normalized spacial score (nSPS) is 18.7. The van der Waals surface area contributed by atoms with Gasteiger partial charge in [0.15, 0.2) is 12.4 Å². The van der Waals surface area contributed by atoms with Crippen LogP contribution in [-0.4, -0.2) is 99.6 Å². The van der Waals surface area contributed by atoms with Crippen LogP contribution in [0.4, 0.5) is 0 Å². The molecule has 85 heavy (non-hydrogen) atoms. The zero-order valence-electron chi connectivity index (χ0n) is 55.2. The molecule has 1 heterocycles. The number of esters is 1. The third-order valence-electron chi connectivity index (χ3n) is 16.9. The number of hydrogen-bond donors (Lipinski definition) is 6. The third-order valence-corrected chi connectivity index (χ3v) is 16.9. The summed E-state index contributed by atoms with van der Waals surface area (Å²) in [6, 6.07) is -1.03. The molecule has 0 aromatic heterocycles. The lowest BCUT2D eigenvalue weighted by Crippen LogP contribution is -2.61. The van der Waals surface area contributed by atoms with Crippen molar-refractivity contribution >= 4 is 11.9 Å². The molecule has 0 saturated carbocycles. The maximum absolute atomic E-state index is 13.5. The van der Waals surface area contributed by atoms with Gasteiger partial charge in [0.05, 0.1) is 25.4 Å². The third kappa shape index (κ3) is 48.9. The van der Waals surface area contributed by atoms with Gasteiger partial charge in [-0.2, -0.15) is 0 Å². The molecule has 1 aliphatic rings. The van der Waals surface area contributed by atoms with Gasteiger partial charge in [-0.3, -0.25) is 9.59 Å². The predicted molar refractivity (Wildman–Crippen MR) is 356 cm³/mol. The molecule has 1 rings (SSSR count). The summed E-state index contributed by atoms with van der Waals surface area (Å²) >= 11 is 0. The van der Waals surface area contributed by atoms with E-state index in [1.54, 1.807) is 6.08 Å². The van der Waals surface area contributed by atoms with E-state index in [9.17, 15) is 35.1 Å². The Balaban J connectivity index is 2.56. The van der Waals surface area contributed by atoms with Crippen LogP contribution in [0.3, 0.4) is 0 Å². The van der Waals surface area contributed by atoms with E-state index in [0.717, 1.165) is 83.5 Å². The van der Waals surface area contributed by atoms with Crippen molar-refractivity contribution in [2.24, 2.45) is 0 Å². The van der Waals surface area contributed by atoms with Crippen LogP contribution in [0.1, 0.15) is 335 Å². The number of amides is 1. The molecule has 1 saturated heterocycles. The second kappa shape index (κ2) is 61.6. The zero-order chi connectivity index (χ0) is 61.7. The lowest BCUT2D eigenvalue weighted by molar-refractivity contribution is -0.305. The second-order valence-corrected chi connectivity index (χ2v) is 25.0. The van der Waals surface area contributed by atoms with Gasteiger partial charge in [-0.15, -0.1) is 0 Å². The van der Waals surface area contributed by atoms with Crippen LogP contribution >= 0.6 is 0 Å². The van der Waals surface area contributed by atoms with Crippen molar-refractivity contribution in [1.82, 2.24) is 5.32 Å². The van der Waals surface area contributed by atoms with Crippen LogP contribution in [0.15, 0.2) is 60.8 Å². The van der Waals surface area contributed by atoms with E-state index >= 15 is 0 Å². The molecule has 11 heteroatoms. The van der Waals surface area contributed by atoms with Gasteiger partial charge in [0.1, 0.15) is 24.4 Å². The fourth-order valence-corrected chi connectivity index (χ4v) is 11.2. The van der Waals surface area contributed by atoms with Crippen LogP contribution in [0.2, 0.25) is 0 Å². The van der Waals surface area contributed by atoms with Gasteiger partial charge in [0.2, 0.25) is 5.91 Å². The van der Waals surface area contributed by atoms with Crippen LogP contribution in [0, 0.1) is 0 Å². The highest BCUT2D eigenvalue weighted by Gasteiger charge is 2.47. The van der Waals surface area contributed by atoms with E-state index in [1.165, 1.54) is 205 Å². The fourth-order valence-electron chi connectivity index (χ4n) is 11.2. The monoisotopic (exact) mass is 1200 g/mol. The molecule has 0 spiro atoms. The Morgan fingerprint density at radius 1 is 0.459 bits per heavy atom. The Morgan fingerprint density at radius 2 is 0.812 bits per heavy atom. The highest BCUT2D eigenvalue weighted by atomic mass is 16.7. The molecule has 1 amide bonds. The summed E-state index contributed by atoms with van der Waals surface area (Å²) in [7, 11) is 0. The quantitative estimate of drug-likeness (QED) is 0.0195. The number of aliphatic hydroxyl groups excluding tert-OH is 5. The van der Waals surface area contributed by atoms with E-state index < -0.39 is 67.4 Å². The smallest absolute Gasteiger partial charge is 0.306 e. The van der Waals surface area contributed by atoms with Crippen molar-refractivity contribution in [3.63, 3.8) is 0 Å². The van der Waals surface area contributed by atoms with Gasteiger partial charge >= 0.3 is 5.97 Å². The first kappa shape index (κ1) is 80.4. The molecule has 6 N–H and O–H groups in total. The lowest BCUT2D eigenvalue weighted by Gasteiger charge is -2.41. The maximum Gasteiger partial charge on any atom is 0.306 e. The SMILES string of the molecule is CCCCC/C=C\C/C=C\C/C=C\C/C=C\CCCCCCCCCCC(O)C(=O)NC(COC1OC(CO)C(O)C(O)C1OC(=O)CCCCCCCCCCCCCCCCCCCCCCC)C(O)/C=C/CCCCCCCCCCC. The van der Waals surface area contributed by atoms with Crippen molar-refractivity contribution in [2.75, 3.05) is 13.2 Å². The van der Waals surface area contributed by atoms with Crippen molar-refractivity contribution in [3.8, 4) is 0 Å².